The molecule has 0 unspecified atom stereocenters. The molecule has 0 radical (unpaired) electrons. The third kappa shape index (κ3) is 1.35. The van der Waals surface area contributed by atoms with Gasteiger partial charge in [-0.05, 0) is 12.1 Å². The van der Waals surface area contributed by atoms with E-state index in [1.165, 1.54) is 0 Å². The first kappa shape index (κ1) is 3.76. The maximum Gasteiger partial charge on any atom is 0.251 e. The van der Waals surface area contributed by atoms with Crippen LogP contribution in [-0.4, -0.2) is 12.9 Å². The van der Waals surface area contributed by atoms with Gasteiger partial charge in [0, 0.05) is 16.7 Å². The van der Waals surface area contributed by atoms with Gasteiger partial charge in [-0.15, -0.1) is 0 Å². The van der Waals surface area contributed by atoms with Crippen LogP contribution < -0.4 is 5.32 Å². The third-order valence-corrected chi connectivity index (χ3v) is 1.15. The Morgan fingerprint density at radius 3 is 2.80 bits per heavy atom. The molecule has 10 heavy (non-hydrogen) atoms. The second-order valence-electron chi connectivity index (χ2n) is 1.82. The van der Waals surface area contributed by atoms with Crippen molar-refractivity contribution in [2.24, 2.45) is 0 Å². The molecule has 0 saturated heterocycles. The van der Waals surface area contributed by atoms with Gasteiger partial charge in [0.05, 0.1) is 0 Å². The van der Waals surface area contributed by atoms with Gasteiger partial charge in [-0.1, -0.05) is 18.2 Å². The highest BCUT2D eigenvalue weighted by atomic mass is 16.1. The van der Waals surface area contributed by atoms with Gasteiger partial charge in [-0.3, -0.25) is 4.79 Å². The standard InChI is InChI=1S/C8H9NO/c1-9-8(10)7-5-3-2-4-6-7/h2-6H,1H3,(H,9,10)/i1D3. The predicted octanol–water partition coefficient (Wildman–Crippen LogP) is 1.05. The summed E-state index contributed by atoms with van der Waals surface area (Å²) in [7, 11) is 0. The zero-order chi connectivity index (χ0) is 9.90. The zero-order valence-electron chi connectivity index (χ0n) is 8.29. The van der Waals surface area contributed by atoms with Crippen LogP contribution in [0.3, 0.4) is 0 Å². The van der Waals surface area contributed by atoms with Gasteiger partial charge in [0.25, 0.3) is 5.91 Å². The van der Waals surface area contributed by atoms with Gasteiger partial charge in [0.1, 0.15) is 0 Å². The summed E-state index contributed by atoms with van der Waals surface area (Å²) in [6.45, 7) is -2.42. The number of amides is 1. The Bertz CT molecular complexity index is 294. The summed E-state index contributed by atoms with van der Waals surface area (Å²) in [4.78, 5) is 11.2. The number of carbonyl (C=O) groups is 1. The number of nitrogens with one attached hydrogen (secondary N) is 1. The Balaban J connectivity index is 2.71. The summed E-state index contributed by atoms with van der Waals surface area (Å²) in [6, 6.07) is 8.22. The average Bonchev–Trinajstić information content (AvgIpc) is 2.03. The summed E-state index contributed by atoms with van der Waals surface area (Å²) in [5.74, 6) is -0.583. The quantitative estimate of drug-likeness (QED) is 0.617. The normalized spacial score (nSPS) is 14.6. The van der Waals surface area contributed by atoms with Gasteiger partial charge < -0.3 is 5.32 Å². The monoisotopic (exact) mass is 138 g/mol. The highest BCUT2D eigenvalue weighted by Gasteiger charge is 1.97. The molecule has 0 aliphatic heterocycles. The van der Waals surface area contributed by atoms with E-state index in [0.717, 1.165) is 0 Å². The molecule has 0 fully saturated rings. The predicted molar refractivity (Wildman–Crippen MR) is 39.8 cm³/mol. The lowest BCUT2D eigenvalue weighted by Crippen LogP contribution is -2.17. The van der Waals surface area contributed by atoms with Crippen LogP contribution in [0.25, 0.3) is 0 Å². The zero-order valence-corrected chi connectivity index (χ0v) is 5.29. The molecule has 0 atom stereocenters. The van der Waals surface area contributed by atoms with Crippen molar-refractivity contribution in [1.82, 2.24) is 5.32 Å². The molecule has 0 bridgehead atoms. The maximum absolute atomic E-state index is 11.2. The van der Waals surface area contributed by atoms with Crippen LogP contribution in [0.1, 0.15) is 14.5 Å². The average molecular weight is 138 g/mol. The molecule has 52 valence electrons. The molecule has 0 heterocycles. The van der Waals surface area contributed by atoms with E-state index in [9.17, 15) is 4.79 Å². The van der Waals surface area contributed by atoms with E-state index in [4.69, 9.17) is 4.11 Å². The van der Waals surface area contributed by atoms with Gasteiger partial charge in [0.2, 0.25) is 0 Å². The summed E-state index contributed by atoms with van der Waals surface area (Å²) in [6.07, 6.45) is 0. The van der Waals surface area contributed by atoms with Gasteiger partial charge in [-0.25, -0.2) is 0 Å². The van der Waals surface area contributed by atoms with Gasteiger partial charge in [-0.2, -0.15) is 0 Å². The van der Waals surface area contributed by atoms with Crippen LogP contribution in [0.2, 0.25) is 0 Å². The van der Waals surface area contributed by atoms with Crippen molar-refractivity contribution in [3.63, 3.8) is 0 Å². The van der Waals surface area contributed by atoms with E-state index in [1.807, 2.05) is 5.32 Å². The first-order valence-corrected chi connectivity index (χ1v) is 2.86. The first-order valence-electron chi connectivity index (χ1n) is 4.36. The van der Waals surface area contributed by atoms with Gasteiger partial charge in [0.15, 0.2) is 0 Å². The van der Waals surface area contributed by atoms with Crippen LogP contribution in [0, 0.1) is 0 Å². The van der Waals surface area contributed by atoms with Crippen molar-refractivity contribution in [3.8, 4) is 0 Å². The fraction of sp³-hybridized carbons (Fsp3) is 0.125. The number of benzene rings is 1. The highest BCUT2D eigenvalue weighted by molar-refractivity contribution is 5.93. The molecule has 2 nitrogen and oxygen atoms in total. The number of hydrogen-bond donors (Lipinski definition) is 1. The highest BCUT2D eigenvalue weighted by Crippen LogP contribution is 1.96. The van der Waals surface area contributed by atoms with Crippen LogP contribution in [0.5, 0.6) is 0 Å². The number of rotatable bonds is 1. The third-order valence-electron chi connectivity index (χ3n) is 1.15. The lowest BCUT2D eigenvalue weighted by molar-refractivity contribution is 0.0963. The first-order chi connectivity index (χ1) is 5.99. The van der Waals surface area contributed by atoms with E-state index in [-0.39, 0.29) is 0 Å². The molecule has 1 amide bonds. The Hall–Kier alpha value is -1.31. The lowest BCUT2D eigenvalue weighted by Gasteiger charge is -1.96. The second kappa shape index (κ2) is 3.01. The van der Waals surface area contributed by atoms with E-state index in [2.05, 4.69) is 0 Å². The topological polar surface area (TPSA) is 29.1 Å². The van der Waals surface area contributed by atoms with Crippen LogP contribution >= 0.6 is 0 Å². The summed E-state index contributed by atoms with van der Waals surface area (Å²) in [5.41, 5.74) is 0.346. The Kier molecular flexibility index (Phi) is 1.13. The fourth-order valence-corrected chi connectivity index (χ4v) is 0.662. The molecule has 1 aromatic rings. The lowest BCUT2D eigenvalue weighted by atomic mass is 10.2. The summed E-state index contributed by atoms with van der Waals surface area (Å²) < 4.78 is 20.4. The van der Waals surface area contributed by atoms with Crippen molar-refractivity contribution in [1.29, 1.82) is 0 Å². The summed E-state index contributed by atoms with van der Waals surface area (Å²) in [5, 5.41) is 1.90. The molecule has 2 heteroatoms. The summed E-state index contributed by atoms with van der Waals surface area (Å²) >= 11 is 0. The van der Waals surface area contributed by atoms with Crippen molar-refractivity contribution < 1.29 is 8.91 Å². The van der Waals surface area contributed by atoms with Crippen molar-refractivity contribution in [3.05, 3.63) is 35.9 Å². The van der Waals surface area contributed by atoms with Crippen molar-refractivity contribution >= 4 is 5.91 Å². The minimum absolute atomic E-state index is 0.346. The van der Waals surface area contributed by atoms with E-state index < -0.39 is 12.9 Å². The molecule has 0 aromatic heterocycles. The van der Waals surface area contributed by atoms with Crippen LogP contribution in [-0.2, 0) is 0 Å². The molecule has 0 spiro atoms. The Morgan fingerprint density at radius 2 is 2.20 bits per heavy atom. The molecular weight excluding hydrogens is 126 g/mol. The SMILES string of the molecule is [2H]C([2H])([2H])NC(=O)c1ccccc1. The Labute approximate surface area is 64.1 Å². The van der Waals surface area contributed by atoms with Gasteiger partial charge >= 0.3 is 0 Å². The Morgan fingerprint density at radius 1 is 1.50 bits per heavy atom. The number of hydrogen-bond acceptors (Lipinski definition) is 1. The molecule has 0 aliphatic rings. The van der Waals surface area contributed by atoms with Crippen LogP contribution in [0.4, 0.5) is 0 Å². The molecule has 1 aromatic carbocycles. The van der Waals surface area contributed by atoms with Crippen LogP contribution in [0.15, 0.2) is 30.3 Å². The van der Waals surface area contributed by atoms with Crippen molar-refractivity contribution in [2.75, 3.05) is 6.98 Å². The molecule has 0 saturated carbocycles. The molecular formula is C8H9NO. The molecule has 1 N–H and O–H groups in total. The second-order valence-corrected chi connectivity index (χ2v) is 1.82. The van der Waals surface area contributed by atoms with E-state index >= 15 is 0 Å². The maximum atomic E-state index is 11.2. The van der Waals surface area contributed by atoms with E-state index in [0.29, 0.717) is 5.56 Å². The minimum Gasteiger partial charge on any atom is -0.355 e. The minimum atomic E-state index is -2.42. The molecule has 0 aliphatic carbocycles. The smallest absolute Gasteiger partial charge is 0.251 e. The fourth-order valence-electron chi connectivity index (χ4n) is 0.662. The largest absolute Gasteiger partial charge is 0.355 e. The van der Waals surface area contributed by atoms with E-state index in [1.54, 1.807) is 30.3 Å². The molecule has 1 rings (SSSR count). The van der Waals surface area contributed by atoms with Crippen molar-refractivity contribution in [2.45, 2.75) is 0 Å². The number of carbonyl (C=O) groups excluding carboxylic acids is 1.